The monoisotopic (exact) mass is 273 g/mol. The van der Waals surface area contributed by atoms with Crippen LogP contribution in [0.25, 0.3) is 11.0 Å². The minimum Gasteiger partial charge on any atom is -0.460 e. The van der Waals surface area contributed by atoms with Crippen LogP contribution < -0.4 is 10.5 Å². The molecule has 0 aliphatic rings. The average molecular weight is 274 g/mol. The lowest BCUT2D eigenvalue weighted by Gasteiger charge is -2.02. The Morgan fingerprint density at radius 1 is 1.21 bits per heavy atom. The van der Waals surface area contributed by atoms with Gasteiger partial charge in [0.2, 0.25) is 0 Å². The number of nitrogen functional groups attached to an aromatic ring is 1. The first-order chi connectivity index (χ1) is 9.20. The summed E-state index contributed by atoms with van der Waals surface area (Å²) in [7, 11) is 0. The van der Waals surface area contributed by atoms with Gasteiger partial charge in [-0.1, -0.05) is 23.7 Å². The molecule has 0 radical (unpaired) electrons. The number of fused-ring (bicyclic) bond motifs is 1. The molecule has 0 atom stereocenters. The number of rotatable bonds is 3. The summed E-state index contributed by atoms with van der Waals surface area (Å²) in [5.41, 5.74) is 9.09. The van der Waals surface area contributed by atoms with Crippen LogP contribution in [-0.2, 0) is 6.61 Å². The third-order valence-electron chi connectivity index (χ3n) is 2.75. The summed E-state index contributed by atoms with van der Waals surface area (Å²) in [5, 5.41) is 0.693. The van der Waals surface area contributed by atoms with E-state index in [1.54, 1.807) is 0 Å². The zero-order valence-electron chi connectivity index (χ0n) is 10.1. The van der Waals surface area contributed by atoms with Gasteiger partial charge in [0.15, 0.2) is 0 Å². The quantitative estimate of drug-likeness (QED) is 0.719. The zero-order chi connectivity index (χ0) is 13.2. The molecule has 3 rings (SSSR count). The van der Waals surface area contributed by atoms with E-state index in [1.165, 1.54) is 0 Å². The number of halogens is 1. The highest BCUT2D eigenvalue weighted by Gasteiger charge is 2.04. The lowest BCUT2D eigenvalue weighted by atomic mass is 10.2. The first kappa shape index (κ1) is 11.9. The van der Waals surface area contributed by atoms with Gasteiger partial charge in [0.25, 0.3) is 6.01 Å². The molecule has 96 valence electrons. The SMILES string of the molecule is Nc1ccc2nc(OCc3cccc(Cl)c3)[nH]c2c1. The van der Waals surface area contributed by atoms with E-state index in [9.17, 15) is 0 Å². The van der Waals surface area contributed by atoms with Crippen molar-refractivity contribution in [3.63, 3.8) is 0 Å². The van der Waals surface area contributed by atoms with Gasteiger partial charge >= 0.3 is 0 Å². The molecule has 4 nitrogen and oxygen atoms in total. The fourth-order valence-electron chi connectivity index (χ4n) is 1.85. The number of aromatic nitrogens is 2. The first-order valence-electron chi connectivity index (χ1n) is 5.83. The standard InChI is InChI=1S/C14H12ClN3O/c15-10-3-1-2-9(6-10)8-19-14-17-12-5-4-11(16)7-13(12)18-14/h1-7H,8,16H2,(H,17,18). The number of nitrogens with zero attached hydrogens (tertiary/aromatic N) is 1. The van der Waals surface area contributed by atoms with Crippen molar-refractivity contribution in [3.8, 4) is 6.01 Å². The normalized spacial score (nSPS) is 10.8. The molecule has 0 fully saturated rings. The van der Waals surface area contributed by atoms with Crippen molar-refractivity contribution in [2.75, 3.05) is 5.73 Å². The first-order valence-corrected chi connectivity index (χ1v) is 6.21. The summed E-state index contributed by atoms with van der Waals surface area (Å²) >= 11 is 5.92. The maximum absolute atomic E-state index is 5.92. The van der Waals surface area contributed by atoms with Crippen molar-refractivity contribution in [2.24, 2.45) is 0 Å². The maximum atomic E-state index is 5.92. The molecule has 19 heavy (non-hydrogen) atoms. The molecule has 5 heteroatoms. The highest BCUT2D eigenvalue weighted by molar-refractivity contribution is 6.30. The second-order valence-corrected chi connectivity index (χ2v) is 4.67. The average Bonchev–Trinajstić information content (AvgIpc) is 2.78. The van der Waals surface area contributed by atoms with Crippen LogP contribution in [0.15, 0.2) is 42.5 Å². The second kappa shape index (κ2) is 4.82. The Morgan fingerprint density at radius 3 is 2.95 bits per heavy atom. The van der Waals surface area contributed by atoms with Crippen molar-refractivity contribution in [2.45, 2.75) is 6.61 Å². The van der Waals surface area contributed by atoms with Crippen LogP contribution in [0.2, 0.25) is 5.02 Å². The largest absolute Gasteiger partial charge is 0.460 e. The molecule has 0 amide bonds. The van der Waals surface area contributed by atoms with Crippen molar-refractivity contribution in [3.05, 3.63) is 53.1 Å². The Bertz CT molecular complexity index is 724. The Morgan fingerprint density at radius 2 is 2.11 bits per heavy atom. The summed E-state index contributed by atoms with van der Waals surface area (Å²) in [6.45, 7) is 0.413. The van der Waals surface area contributed by atoms with E-state index in [2.05, 4.69) is 9.97 Å². The number of nitrogens with one attached hydrogen (secondary N) is 1. The third-order valence-corrected chi connectivity index (χ3v) is 2.98. The van der Waals surface area contributed by atoms with Gasteiger partial charge in [-0.15, -0.1) is 0 Å². The van der Waals surface area contributed by atoms with Gasteiger partial charge in [-0.2, -0.15) is 4.98 Å². The van der Waals surface area contributed by atoms with Crippen LogP contribution in [0.4, 0.5) is 5.69 Å². The molecule has 3 aromatic rings. The van der Waals surface area contributed by atoms with Crippen molar-refractivity contribution >= 4 is 28.3 Å². The smallest absolute Gasteiger partial charge is 0.294 e. The Hall–Kier alpha value is -2.20. The van der Waals surface area contributed by atoms with Crippen LogP contribution >= 0.6 is 11.6 Å². The van der Waals surface area contributed by atoms with Gasteiger partial charge in [0.05, 0.1) is 11.0 Å². The zero-order valence-corrected chi connectivity index (χ0v) is 10.8. The number of imidazole rings is 1. The summed E-state index contributed by atoms with van der Waals surface area (Å²) in [6, 6.07) is 13.5. The van der Waals surface area contributed by atoms with E-state index >= 15 is 0 Å². The summed E-state index contributed by atoms with van der Waals surface area (Å²) in [6.07, 6.45) is 0. The number of nitrogens with two attached hydrogens (primary N) is 1. The van der Waals surface area contributed by atoms with Crippen molar-refractivity contribution in [1.29, 1.82) is 0 Å². The molecule has 1 heterocycles. The number of hydrogen-bond acceptors (Lipinski definition) is 3. The maximum Gasteiger partial charge on any atom is 0.294 e. The predicted molar refractivity (Wildman–Crippen MR) is 76.3 cm³/mol. The van der Waals surface area contributed by atoms with Gasteiger partial charge in [-0.25, -0.2) is 0 Å². The van der Waals surface area contributed by atoms with E-state index < -0.39 is 0 Å². The summed E-state index contributed by atoms with van der Waals surface area (Å²) < 4.78 is 5.61. The highest BCUT2D eigenvalue weighted by Crippen LogP contribution is 2.19. The molecule has 0 spiro atoms. The Kier molecular flexibility index (Phi) is 3.01. The van der Waals surface area contributed by atoms with Crippen molar-refractivity contribution < 1.29 is 4.74 Å². The van der Waals surface area contributed by atoms with E-state index in [0.717, 1.165) is 16.6 Å². The fourth-order valence-corrected chi connectivity index (χ4v) is 2.06. The lowest BCUT2D eigenvalue weighted by molar-refractivity contribution is 0.285. The minimum absolute atomic E-state index is 0.413. The van der Waals surface area contributed by atoms with Gasteiger partial charge in [0, 0.05) is 10.7 Å². The van der Waals surface area contributed by atoms with Crippen LogP contribution in [0.1, 0.15) is 5.56 Å². The third kappa shape index (κ3) is 2.63. The topological polar surface area (TPSA) is 63.9 Å². The number of ether oxygens (including phenoxy) is 1. The number of hydrogen-bond donors (Lipinski definition) is 2. The van der Waals surface area contributed by atoms with Crippen molar-refractivity contribution in [1.82, 2.24) is 9.97 Å². The molecular weight excluding hydrogens is 262 g/mol. The van der Waals surface area contributed by atoms with E-state index in [0.29, 0.717) is 23.3 Å². The van der Waals surface area contributed by atoms with Crippen LogP contribution in [-0.4, -0.2) is 9.97 Å². The Balaban J connectivity index is 1.78. The highest BCUT2D eigenvalue weighted by atomic mass is 35.5. The molecular formula is C14H12ClN3O. The molecule has 0 saturated heterocycles. The molecule has 0 bridgehead atoms. The van der Waals surface area contributed by atoms with Gasteiger partial charge in [-0.3, -0.25) is 0 Å². The predicted octanol–water partition coefficient (Wildman–Crippen LogP) is 3.38. The van der Waals surface area contributed by atoms with Crippen LogP contribution in [0, 0.1) is 0 Å². The molecule has 3 N–H and O–H groups in total. The van der Waals surface area contributed by atoms with Crippen LogP contribution in [0.5, 0.6) is 6.01 Å². The van der Waals surface area contributed by atoms with E-state index in [-0.39, 0.29) is 0 Å². The summed E-state index contributed by atoms with van der Waals surface area (Å²) in [5.74, 6) is 0. The minimum atomic E-state index is 0.413. The number of aromatic amines is 1. The molecule has 0 unspecified atom stereocenters. The molecule has 0 aliphatic heterocycles. The Labute approximate surface area is 115 Å². The second-order valence-electron chi connectivity index (χ2n) is 4.24. The fraction of sp³-hybridized carbons (Fsp3) is 0.0714. The van der Waals surface area contributed by atoms with Crippen LogP contribution in [0.3, 0.4) is 0 Å². The van der Waals surface area contributed by atoms with E-state index in [1.807, 2.05) is 42.5 Å². The van der Waals surface area contributed by atoms with Gasteiger partial charge in [-0.05, 0) is 35.9 Å². The molecule has 1 aromatic heterocycles. The molecule has 0 aliphatic carbocycles. The lowest BCUT2D eigenvalue weighted by Crippen LogP contribution is -1.96. The van der Waals surface area contributed by atoms with E-state index in [4.69, 9.17) is 22.1 Å². The summed E-state index contributed by atoms with van der Waals surface area (Å²) in [4.78, 5) is 7.40. The van der Waals surface area contributed by atoms with Gasteiger partial charge in [0.1, 0.15) is 6.61 Å². The number of benzene rings is 2. The number of anilines is 1. The number of H-pyrrole nitrogens is 1. The molecule has 0 saturated carbocycles. The van der Waals surface area contributed by atoms with Gasteiger partial charge < -0.3 is 15.5 Å². The molecule has 2 aromatic carbocycles.